The monoisotopic (exact) mass is 440 g/mol. The number of carbonyl (C=O) groups excluding carboxylic acids is 1. The summed E-state index contributed by atoms with van der Waals surface area (Å²) in [6.45, 7) is 4.29. The molecule has 0 radical (unpaired) electrons. The van der Waals surface area contributed by atoms with Gasteiger partial charge in [0.05, 0.1) is 12.2 Å². The molecular formula is C25H28O5S. The molecule has 3 rings (SSSR count). The number of carbonyl (C=O) groups is 1. The van der Waals surface area contributed by atoms with Crippen molar-refractivity contribution in [3.63, 3.8) is 0 Å². The molecule has 0 saturated heterocycles. The average molecular weight is 441 g/mol. The maximum atomic E-state index is 11.6. The van der Waals surface area contributed by atoms with Gasteiger partial charge in [0.15, 0.2) is 0 Å². The molecule has 0 saturated carbocycles. The van der Waals surface area contributed by atoms with E-state index in [1.54, 1.807) is 0 Å². The van der Waals surface area contributed by atoms with E-state index in [0.717, 1.165) is 18.9 Å². The number of hydrogen-bond donors (Lipinski definition) is 1. The Morgan fingerprint density at radius 2 is 1.45 bits per heavy atom. The zero-order chi connectivity index (χ0) is 22.7. The Morgan fingerprint density at radius 1 is 0.871 bits per heavy atom. The molecule has 0 aliphatic rings. The van der Waals surface area contributed by atoms with Gasteiger partial charge < -0.3 is 4.74 Å². The fourth-order valence-electron chi connectivity index (χ4n) is 2.78. The smallest absolute Gasteiger partial charge is 0.339 e. The highest BCUT2D eigenvalue weighted by atomic mass is 32.2. The molecule has 1 N–H and O–H groups in total. The third-order valence-electron chi connectivity index (χ3n) is 4.49. The first-order valence-corrected chi connectivity index (χ1v) is 11.6. The molecule has 3 aromatic rings. The minimum absolute atomic E-state index is 0.147. The number of aryl methyl sites for hydroxylation is 1. The summed E-state index contributed by atoms with van der Waals surface area (Å²) in [6, 6.07) is 24.7. The van der Waals surface area contributed by atoms with E-state index in [9.17, 15) is 13.2 Å². The first-order valence-electron chi connectivity index (χ1n) is 10.1. The van der Waals surface area contributed by atoms with E-state index in [2.05, 4.69) is 61.5 Å². The number of hydrogen-bond acceptors (Lipinski definition) is 4. The lowest BCUT2D eigenvalue weighted by atomic mass is 10.0. The van der Waals surface area contributed by atoms with E-state index in [1.165, 1.54) is 34.9 Å². The van der Waals surface area contributed by atoms with Crippen molar-refractivity contribution in [3.8, 4) is 0 Å². The molecule has 0 bridgehead atoms. The zero-order valence-corrected chi connectivity index (χ0v) is 18.6. The van der Waals surface area contributed by atoms with Crippen molar-refractivity contribution >= 4 is 16.1 Å². The summed E-state index contributed by atoms with van der Waals surface area (Å²) in [5.41, 5.74) is 3.92. The SMILES string of the molecule is CCCCOC(=O)c1ccccc1S(=O)(=O)O.Cc1ccc(Cc2ccccc2)cc1. The van der Waals surface area contributed by atoms with E-state index in [4.69, 9.17) is 9.29 Å². The quantitative estimate of drug-likeness (QED) is 0.299. The predicted octanol–water partition coefficient (Wildman–Crippen LogP) is 5.48. The number of esters is 1. The number of ether oxygens (including phenoxy) is 1. The maximum Gasteiger partial charge on any atom is 0.339 e. The van der Waals surface area contributed by atoms with Crippen molar-refractivity contribution in [3.05, 3.63) is 101 Å². The van der Waals surface area contributed by atoms with Crippen molar-refractivity contribution in [2.24, 2.45) is 0 Å². The molecule has 5 nitrogen and oxygen atoms in total. The van der Waals surface area contributed by atoms with Gasteiger partial charge in [-0.2, -0.15) is 8.42 Å². The highest BCUT2D eigenvalue weighted by Crippen LogP contribution is 2.16. The molecule has 164 valence electrons. The Morgan fingerprint density at radius 3 is 2.06 bits per heavy atom. The third-order valence-corrected chi connectivity index (χ3v) is 5.40. The van der Waals surface area contributed by atoms with Crippen LogP contribution in [0.2, 0.25) is 0 Å². The van der Waals surface area contributed by atoms with Gasteiger partial charge in [0.1, 0.15) is 4.90 Å². The lowest BCUT2D eigenvalue weighted by molar-refractivity contribution is 0.0495. The van der Waals surface area contributed by atoms with Crippen LogP contribution in [0.3, 0.4) is 0 Å². The molecule has 0 atom stereocenters. The minimum Gasteiger partial charge on any atom is -0.462 e. The molecule has 0 unspecified atom stereocenters. The van der Waals surface area contributed by atoms with Crippen molar-refractivity contribution in [2.45, 2.75) is 38.0 Å². The molecular weight excluding hydrogens is 412 g/mol. The van der Waals surface area contributed by atoms with E-state index >= 15 is 0 Å². The Hall–Kier alpha value is -2.96. The van der Waals surface area contributed by atoms with E-state index < -0.39 is 21.0 Å². The van der Waals surface area contributed by atoms with Crippen molar-refractivity contribution < 1.29 is 22.5 Å². The summed E-state index contributed by atoms with van der Waals surface area (Å²) in [5.74, 6) is -0.744. The van der Waals surface area contributed by atoms with Crippen LogP contribution in [0.4, 0.5) is 0 Å². The first-order chi connectivity index (χ1) is 14.8. The van der Waals surface area contributed by atoms with Crippen LogP contribution in [-0.2, 0) is 21.3 Å². The molecule has 0 aromatic heterocycles. The average Bonchev–Trinajstić information content (AvgIpc) is 2.76. The van der Waals surface area contributed by atoms with Gasteiger partial charge in [-0.15, -0.1) is 0 Å². The molecule has 31 heavy (non-hydrogen) atoms. The number of benzene rings is 3. The third kappa shape index (κ3) is 8.36. The van der Waals surface area contributed by atoms with Crippen LogP contribution in [0, 0.1) is 6.92 Å². The normalized spacial score (nSPS) is 10.7. The molecule has 0 fully saturated rings. The first kappa shape index (κ1) is 24.3. The second-order valence-electron chi connectivity index (χ2n) is 7.11. The standard InChI is InChI=1S/C14H14.C11H14O5S/c1-12-7-9-14(10-8-12)11-13-5-3-2-4-6-13;1-2-3-8-16-11(12)9-6-4-5-7-10(9)17(13,14)15/h2-10H,11H2,1H3;4-7H,2-3,8H2,1H3,(H,13,14,15). The summed E-state index contributed by atoms with van der Waals surface area (Å²) in [7, 11) is -4.41. The van der Waals surface area contributed by atoms with E-state index in [-0.39, 0.29) is 12.2 Å². The van der Waals surface area contributed by atoms with Gasteiger partial charge in [0, 0.05) is 0 Å². The lowest BCUT2D eigenvalue weighted by Crippen LogP contribution is -2.12. The van der Waals surface area contributed by atoms with Crippen molar-refractivity contribution in [1.82, 2.24) is 0 Å². The van der Waals surface area contributed by atoms with Gasteiger partial charge in [-0.05, 0) is 43.0 Å². The number of rotatable bonds is 7. The highest BCUT2D eigenvalue weighted by Gasteiger charge is 2.20. The molecule has 0 spiro atoms. The molecule has 0 amide bonds. The summed E-state index contributed by atoms with van der Waals surface area (Å²) in [6.07, 6.45) is 2.61. The van der Waals surface area contributed by atoms with Gasteiger partial charge >= 0.3 is 5.97 Å². The summed E-state index contributed by atoms with van der Waals surface area (Å²) < 4.78 is 35.9. The Bertz CT molecular complexity index is 1060. The Labute approximate surface area is 184 Å². The lowest BCUT2D eigenvalue weighted by Gasteiger charge is -2.06. The van der Waals surface area contributed by atoms with Crippen LogP contribution in [0.5, 0.6) is 0 Å². The van der Waals surface area contributed by atoms with E-state index in [0.29, 0.717) is 6.42 Å². The van der Waals surface area contributed by atoms with Crippen molar-refractivity contribution in [2.75, 3.05) is 6.61 Å². The van der Waals surface area contributed by atoms with Gasteiger partial charge in [-0.3, -0.25) is 4.55 Å². The Balaban J connectivity index is 0.000000224. The number of unbranched alkanes of at least 4 members (excludes halogenated alkanes) is 1. The molecule has 0 heterocycles. The van der Waals surface area contributed by atoms with Gasteiger partial charge in [0.25, 0.3) is 10.1 Å². The predicted molar refractivity (Wildman–Crippen MR) is 122 cm³/mol. The Kier molecular flexibility index (Phi) is 9.43. The van der Waals surface area contributed by atoms with Gasteiger partial charge in [-0.1, -0.05) is 85.6 Å². The van der Waals surface area contributed by atoms with Crippen molar-refractivity contribution in [1.29, 1.82) is 0 Å². The molecule has 0 aliphatic carbocycles. The molecule has 0 aliphatic heterocycles. The highest BCUT2D eigenvalue weighted by molar-refractivity contribution is 7.86. The van der Waals surface area contributed by atoms with Crippen LogP contribution in [0.15, 0.2) is 83.8 Å². The van der Waals surface area contributed by atoms with Crippen LogP contribution < -0.4 is 0 Å². The topological polar surface area (TPSA) is 80.7 Å². The maximum absolute atomic E-state index is 11.6. The van der Waals surface area contributed by atoms with Crippen LogP contribution in [0.25, 0.3) is 0 Å². The second kappa shape index (κ2) is 12.0. The molecule has 3 aromatic carbocycles. The molecule has 6 heteroatoms. The second-order valence-corrected chi connectivity index (χ2v) is 8.50. The van der Waals surface area contributed by atoms with Gasteiger partial charge in [-0.25, -0.2) is 4.79 Å². The summed E-state index contributed by atoms with van der Waals surface area (Å²) in [5, 5.41) is 0. The van der Waals surface area contributed by atoms with Crippen LogP contribution in [-0.4, -0.2) is 25.5 Å². The van der Waals surface area contributed by atoms with Gasteiger partial charge in [0.2, 0.25) is 0 Å². The fourth-order valence-corrected chi connectivity index (χ4v) is 3.46. The zero-order valence-electron chi connectivity index (χ0n) is 17.8. The van der Waals surface area contributed by atoms with Crippen LogP contribution >= 0.6 is 0 Å². The summed E-state index contributed by atoms with van der Waals surface area (Å²) >= 11 is 0. The largest absolute Gasteiger partial charge is 0.462 e. The fraction of sp³-hybridized carbons (Fsp3) is 0.240. The van der Waals surface area contributed by atoms with Crippen LogP contribution in [0.1, 0.15) is 46.8 Å². The summed E-state index contributed by atoms with van der Waals surface area (Å²) in [4.78, 5) is 11.2. The van der Waals surface area contributed by atoms with E-state index in [1.807, 2.05) is 6.92 Å². The minimum atomic E-state index is -4.41.